The SMILES string of the molecule is O=C(c1ccc(Cl)cc1)N1CCN(C(=O)C2COc3ccccc3C2)CC1. The third-order valence-corrected chi connectivity index (χ3v) is 5.45. The summed E-state index contributed by atoms with van der Waals surface area (Å²) in [5.74, 6) is 0.815. The van der Waals surface area contributed by atoms with Crippen LogP contribution in [0.3, 0.4) is 0 Å². The van der Waals surface area contributed by atoms with Crippen LogP contribution in [0.5, 0.6) is 5.75 Å². The molecule has 0 saturated carbocycles. The number of ether oxygens (including phenoxy) is 1. The highest BCUT2D eigenvalue weighted by molar-refractivity contribution is 6.30. The van der Waals surface area contributed by atoms with Gasteiger partial charge in [-0.1, -0.05) is 29.8 Å². The van der Waals surface area contributed by atoms with E-state index in [0.29, 0.717) is 49.8 Å². The van der Waals surface area contributed by atoms with Crippen molar-refractivity contribution in [2.75, 3.05) is 32.8 Å². The average molecular weight is 385 g/mol. The topological polar surface area (TPSA) is 49.9 Å². The molecule has 2 heterocycles. The number of halogens is 1. The number of benzene rings is 2. The zero-order chi connectivity index (χ0) is 18.8. The molecule has 1 fully saturated rings. The molecule has 5 nitrogen and oxygen atoms in total. The quantitative estimate of drug-likeness (QED) is 0.800. The molecule has 6 heteroatoms. The van der Waals surface area contributed by atoms with Crippen molar-refractivity contribution < 1.29 is 14.3 Å². The summed E-state index contributed by atoms with van der Waals surface area (Å²) in [7, 11) is 0. The van der Waals surface area contributed by atoms with Crippen LogP contribution in [-0.2, 0) is 11.2 Å². The van der Waals surface area contributed by atoms with Gasteiger partial charge in [0, 0.05) is 36.8 Å². The van der Waals surface area contributed by atoms with E-state index < -0.39 is 0 Å². The van der Waals surface area contributed by atoms with Crippen LogP contribution in [0.1, 0.15) is 15.9 Å². The molecular formula is C21H21ClN2O3. The van der Waals surface area contributed by atoms with Crippen molar-refractivity contribution in [3.63, 3.8) is 0 Å². The number of para-hydroxylation sites is 1. The second-order valence-corrected chi connectivity index (χ2v) is 7.38. The number of hydrogen-bond acceptors (Lipinski definition) is 3. The summed E-state index contributed by atoms with van der Waals surface area (Å²) in [4.78, 5) is 29.1. The van der Waals surface area contributed by atoms with Crippen molar-refractivity contribution in [1.29, 1.82) is 0 Å². The number of piperazine rings is 1. The van der Waals surface area contributed by atoms with Crippen molar-refractivity contribution in [2.45, 2.75) is 6.42 Å². The maximum Gasteiger partial charge on any atom is 0.253 e. The van der Waals surface area contributed by atoms with Gasteiger partial charge >= 0.3 is 0 Å². The molecule has 1 saturated heterocycles. The Kier molecular flexibility index (Phi) is 5.03. The van der Waals surface area contributed by atoms with Crippen molar-refractivity contribution in [3.05, 3.63) is 64.7 Å². The Balaban J connectivity index is 1.34. The van der Waals surface area contributed by atoms with E-state index in [1.807, 2.05) is 29.2 Å². The average Bonchev–Trinajstić information content (AvgIpc) is 2.73. The Hall–Kier alpha value is -2.53. The molecule has 4 rings (SSSR count). The molecule has 2 aromatic rings. The van der Waals surface area contributed by atoms with Crippen LogP contribution < -0.4 is 4.74 Å². The first-order chi connectivity index (χ1) is 13.1. The molecule has 0 N–H and O–H groups in total. The van der Waals surface area contributed by atoms with Crippen molar-refractivity contribution in [2.24, 2.45) is 5.92 Å². The molecule has 140 valence electrons. The number of carbonyl (C=O) groups is 2. The molecule has 1 unspecified atom stereocenters. The lowest BCUT2D eigenvalue weighted by atomic mass is 9.95. The van der Waals surface area contributed by atoms with Gasteiger partial charge in [-0.05, 0) is 42.3 Å². The minimum Gasteiger partial charge on any atom is -0.492 e. The van der Waals surface area contributed by atoms with Crippen LogP contribution in [0.15, 0.2) is 48.5 Å². The van der Waals surface area contributed by atoms with E-state index in [1.54, 1.807) is 29.2 Å². The fourth-order valence-electron chi connectivity index (χ4n) is 3.65. The predicted molar refractivity (Wildman–Crippen MR) is 103 cm³/mol. The molecule has 1 atom stereocenters. The second-order valence-electron chi connectivity index (χ2n) is 6.94. The van der Waals surface area contributed by atoms with Crippen LogP contribution in [0.25, 0.3) is 0 Å². The van der Waals surface area contributed by atoms with E-state index in [1.165, 1.54) is 0 Å². The third kappa shape index (κ3) is 3.78. The molecule has 2 aliphatic rings. The largest absolute Gasteiger partial charge is 0.492 e. The first kappa shape index (κ1) is 17.9. The van der Waals surface area contributed by atoms with Crippen molar-refractivity contribution in [3.8, 4) is 5.75 Å². The molecule has 0 aliphatic carbocycles. The van der Waals surface area contributed by atoms with E-state index in [9.17, 15) is 9.59 Å². The van der Waals surface area contributed by atoms with Gasteiger partial charge in [0.05, 0.1) is 5.92 Å². The lowest BCUT2D eigenvalue weighted by Crippen LogP contribution is -2.53. The lowest BCUT2D eigenvalue weighted by Gasteiger charge is -2.37. The van der Waals surface area contributed by atoms with E-state index in [-0.39, 0.29) is 17.7 Å². The standard InChI is InChI=1S/C21H21ClN2O3/c22-18-7-5-15(6-8-18)20(25)23-9-11-24(12-10-23)21(26)17-13-16-3-1-2-4-19(16)27-14-17/h1-8,17H,9-14H2. The summed E-state index contributed by atoms with van der Waals surface area (Å²) in [6.07, 6.45) is 0.707. The zero-order valence-corrected chi connectivity index (χ0v) is 15.7. The number of nitrogens with zero attached hydrogens (tertiary/aromatic N) is 2. The smallest absolute Gasteiger partial charge is 0.253 e. The molecule has 27 heavy (non-hydrogen) atoms. The minimum absolute atomic E-state index is 0.0197. The highest BCUT2D eigenvalue weighted by atomic mass is 35.5. The van der Waals surface area contributed by atoms with Crippen molar-refractivity contribution in [1.82, 2.24) is 9.80 Å². The summed E-state index contributed by atoms with van der Waals surface area (Å²) in [5.41, 5.74) is 1.70. The minimum atomic E-state index is -0.154. The Bertz CT molecular complexity index is 845. The number of carbonyl (C=O) groups excluding carboxylic acids is 2. The Morgan fingerprint density at radius 3 is 2.33 bits per heavy atom. The lowest BCUT2D eigenvalue weighted by molar-refractivity contribution is -0.138. The summed E-state index contributed by atoms with van der Waals surface area (Å²) in [5, 5.41) is 0.609. The molecule has 2 aromatic carbocycles. The first-order valence-corrected chi connectivity index (χ1v) is 9.54. The van der Waals surface area contributed by atoms with Crippen LogP contribution >= 0.6 is 11.6 Å². The monoisotopic (exact) mass is 384 g/mol. The molecule has 2 aliphatic heterocycles. The van der Waals surface area contributed by atoms with E-state index in [0.717, 1.165) is 11.3 Å². The predicted octanol–water partition coefficient (Wildman–Crippen LogP) is 2.88. The number of rotatable bonds is 2. The van der Waals surface area contributed by atoms with Gasteiger partial charge in [0.1, 0.15) is 12.4 Å². The maximum absolute atomic E-state index is 12.9. The molecule has 0 spiro atoms. The van der Waals surface area contributed by atoms with Crippen LogP contribution in [0, 0.1) is 5.92 Å². The van der Waals surface area contributed by atoms with Gasteiger partial charge in [-0.25, -0.2) is 0 Å². The normalized spacial score (nSPS) is 19.2. The maximum atomic E-state index is 12.9. The van der Waals surface area contributed by atoms with Gasteiger partial charge in [-0.3, -0.25) is 9.59 Å². The first-order valence-electron chi connectivity index (χ1n) is 9.16. The molecular weight excluding hydrogens is 364 g/mol. The van der Waals surface area contributed by atoms with Gasteiger partial charge in [0.15, 0.2) is 0 Å². The zero-order valence-electron chi connectivity index (χ0n) is 14.9. The molecule has 0 aromatic heterocycles. The van der Waals surface area contributed by atoms with Crippen LogP contribution in [-0.4, -0.2) is 54.4 Å². The Morgan fingerprint density at radius 2 is 1.59 bits per heavy atom. The van der Waals surface area contributed by atoms with Gasteiger partial charge in [0.25, 0.3) is 5.91 Å². The van der Waals surface area contributed by atoms with E-state index in [2.05, 4.69) is 0 Å². The Labute approximate surface area is 163 Å². The fourth-order valence-corrected chi connectivity index (χ4v) is 3.78. The molecule has 2 amide bonds. The number of hydrogen-bond donors (Lipinski definition) is 0. The van der Waals surface area contributed by atoms with Gasteiger partial charge in [-0.2, -0.15) is 0 Å². The summed E-state index contributed by atoms with van der Waals surface area (Å²) >= 11 is 5.88. The highest BCUT2D eigenvalue weighted by Crippen LogP contribution is 2.28. The molecule has 0 radical (unpaired) electrons. The van der Waals surface area contributed by atoms with Crippen LogP contribution in [0.2, 0.25) is 5.02 Å². The van der Waals surface area contributed by atoms with E-state index >= 15 is 0 Å². The Morgan fingerprint density at radius 1 is 0.926 bits per heavy atom. The van der Waals surface area contributed by atoms with Crippen molar-refractivity contribution >= 4 is 23.4 Å². The fraction of sp³-hybridized carbons (Fsp3) is 0.333. The van der Waals surface area contributed by atoms with E-state index in [4.69, 9.17) is 16.3 Å². The van der Waals surface area contributed by atoms with Gasteiger partial charge in [-0.15, -0.1) is 0 Å². The molecule has 0 bridgehead atoms. The highest BCUT2D eigenvalue weighted by Gasteiger charge is 2.32. The van der Waals surface area contributed by atoms with Crippen LogP contribution in [0.4, 0.5) is 0 Å². The summed E-state index contributed by atoms with van der Waals surface area (Å²) in [6, 6.07) is 14.8. The number of fused-ring (bicyclic) bond motifs is 1. The third-order valence-electron chi connectivity index (χ3n) is 5.20. The summed E-state index contributed by atoms with van der Waals surface area (Å²) < 4.78 is 5.75. The van der Waals surface area contributed by atoms with Gasteiger partial charge < -0.3 is 14.5 Å². The second kappa shape index (κ2) is 7.61. The van der Waals surface area contributed by atoms with Gasteiger partial charge in [0.2, 0.25) is 5.91 Å². The number of amides is 2. The summed E-state index contributed by atoms with van der Waals surface area (Å²) in [6.45, 7) is 2.60.